The van der Waals surface area contributed by atoms with Crippen LogP contribution in [0.15, 0.2) is 36.4 Å². The highest BCUT2D eigenvalue weighted by atomic mass is 16.6. The Balaban J connectivity index is 1.76. The molecular weight excluding hydrogens is 228 g/mol. The van der Waals surface area contributed by atoms with E-state index in [0.717, 1.165) is 31.4 Å². The standard InChI is InChI=1S/C14H18N2O2/c17-16(18)14-8-6-12(7-9-14)10-11-15-13-4-2-1-3-5-13/h1-2,6-9,13,15H,3-5,10-11H2. The molecule has 0 heterocycles. The second-order valence-electron chi connectivity index (χ2n) is 4.61. The Hall–Kier alpha value is -1.68. The zero-order chi connectivity index (χ0) is 12.8. The molecular formula is C14H18N2O2. The number of hydrogen-bond acceptors (Lipinski definition) is 3. The predicted molar refractivity (Wildman–Crippen MR) is 71.6 cm³/mol. The molecule has 2 rings (SSSR count). The minimum Gasteiger partial charge on any atom is -0.313 e. The maximum absolute atomic E-state index is 10.5. The molecule has 0 bridgehead atoms. The van der Waals surface area contributed by atoms with Gasteiger partial charge in [0.15, 0.2) is 0 Å². The van der Waals surface area contributed by atoms with Crippen LogP contribution in [0, 0.1) is 10.1 Å². The van der Waals surface area contributed by atoms with Crippen molar-refractivity contribution in [2.24, 2.45) is 0 Å². The highest BCUT2D eigenvalue weighted by molar-refractivity contribution is 5.32. The van der Waals surface area contributed by atoms with Crippen LogP contribution in [0.25, 0.3) is 0 Å². The molecule has 0 fully saturated rings. The fraction of sp³-hybridized carbons (Fsp3) is 0.429. The van der Waals surface area contributed by atoms with Crippen LogP contribution in [0.4, 0.5) is 5.69 Å². The first-order valence-corrected chi connectivity index (χ1v) is 6.37. The molecule has 4 heteroatoms. The Kier molecular flexibility index (Phi) is 4.47. The monoisotopic (exact) mass is 246 g/mol. The van der Waals surface area contributed by atoms with Crippen molar-refractivity contribution < 1.29 is 4.92 Å². The molecule has 18 heavy (non-hydrogen) atoms. The topological polar surface area (TPSA) is 55.2 Å². The molecule has 1 aliphatic rings. The lowest BCUT2D eigenvalue weighted by molar-refractivity contribution is -0.384. The van der Waals surface area contributed by atoms with Crippen molar-refractivity contribution in [1.82, 2.24) is 5.32 Å². The first-order chi connectivity index (χ1) is 8.75. The van der Waals surface area contributed by atoms with E-state index in [1.54, 1.807) is 12.1 Å². The summed E-state index contributed by atoms with van der Waals surface area (Å²) < 4.78 is 0. The number of rotatable bonds is 5. The fourth-order valence-electron chi connectivity index (χ4n) is 2.18. The van der Waals surface area contributed by atoms with Crippen molar-refractivity contribution in [1.29, 1.82) is 0 Å². The summed E-state index contributed by atoms with van der Waals surface area (Å²) in [6, 6.07) is 7.39. The third-order valence-corrected chi connectivity index (χ3v) is 3.26. The van der Waals surface area contributed by atoms with Crippen LogP contribution in [0.3, 0.4) is 0 Å². The Labute approximate surface area is 107 Å². The molecule has 0 amide bonds. The molecule has 0 spiro atoms. The average molecular weight is 246 g/mol. The zero-order valence-electron chi connectivity index (χ0n) is 10.3. The van der Waals surface area contributed by atoms with Crippen LogP contribution >= 0.6 is 0 Å². The second kappa shape index (κ2) is 6.31. The summed E-state index contributed by atoms with van der Waals surface area (Å²) in [6.45, 7) is 0.927. The van der Waals surface area contributed by atoms with Gasteiger partial charge in [-0.15, -0.1) is 0 Å². The third-order valence-electron chi connectivity index (χ3n) is 3.26. The van der Waals surface area contributed by atoms with Gasteiger partial charge >= 0.3 is 0 Å². The van der Waals surface area contributed by atoms with Crippen LogP contribution < -0.4 is 5.32 Å². The van der Waals surface area contributed by atoms with E-state index in [-0.39, 0.29) is 10.6 Å². The van der Waals surface area contributed by atoms with Gasteiger partial charge in [0.1, 0.15) is 0 Å². The first-order valence-electron chi connectivity index (χ1n) is 6.37. The van der Waals surface area contributed by atoms with Crippen molar-refractivity contribution in [3.05, 3.63) is 52.1 Å². The van der Waals surface area contributed by atoms with E-state index in [4.69, 9.17) is 0 Å². The maximum Gasteiger partial charge on any atom is 0.269 e. The van der Waals surface area contributed by atoms with Crippen molar-refractivity contribution in [3.8, 4) is 0 Å². The lowest BCUT2D eigenvalue weighted by Gasteiger charge is -2.19. The maximum atomic E-state index is 10.5. The molecule has 1 aromatic rings. The van der Waals surface area contributed by atoms with Crippen molar-refractivity contribution in [3.63, 3.8) is 0 Å². The van der Waals surface area contributed by atoms with E-state index in [2.05, 4.69) is 17.5 Å². The molecule has 1 aromatic carbocycles. The summed E-state index contributed by atoms with van der Waals surface area (Å²) in [7, 11) is 0. The van der Waals surface area contributed by atoms with Crippen LogP contribution in [0.5, 0.6) is 0 Å². The Morgan fingerprint density at radius 1 is 1.28 bits per heavy atom. The predicted octanol–water partition coefficient (Wildman–Crippen LogP) is 2.84. The number of hydrogen-bond donors (Lipinski definition) is 1. The van der Waals surface area contributed by atoms with Gasteiger partial charge in [0, 0.05) is 18.2 Å². The van der Waals surface area contributed by atoms with Crippen molar-refractivity contribution in [2.45, 2.75) is 31.7 Å². The number of nitro benzene ring substituents is 1. The smallest absolute Gasteiger partial charge is 0.269 e. The van der Waals surface area contributed by atoms with Crippen LogP contribution in [0.2, 0.25) is 0 Å². The van der Waals surface area contributed by atoms with E-state index >= 15 is 0 Å². The van der Waals surface area contributed by atoms with Gasteiger partial charge in [-0.25, -0.2) is 0 Å². The molecule has 0 saturated heterocycles. The van der Waals surface area contributed by atoms with E-state index < -0.39 is 0 Å². The Morgan fingerprint density at radius 3 is 2.67 bits per heavy atom. The summed E-state index contributed by atoms with van der Waals surface area (Å²) >= 11 is 0. The lowest BCUT2D eigenvalue weighted by atomic mass is 10.0. The summed E-state index contributed by atoms with van der Waals surface area (Å²) in [6.07, 6.45) is 8.85. The minimum absolute atomic E-state index is 0.157. The van der Waals surface area contributed by atoms with E-state index in [1.807, 2.05) is 12.1 Å². The number of benzene rings is 1. The second-order valence-corrected chi connectivity index (χ2v) is 4.61. The van der Waals surface area contributed by atoms with E-state index in [1.165, 1.54) is 6.42 Å². The molecule has 4 nitrogen and oxygen atoms in total. The molecule has 1 unspecified atom stereocenters. The quantitative estimate of drug-likeness (QED) is 0.494. The largest absolute Gasteiger partial charge is 0.313 e. The molecule has 0 aliphatic heterocycles. The lowest BCUT2D eigenvalue weighted by Crippen LogP contribution is -2.31. The first kappa shape index (κ1) is 12.8. The van der Waals surface area contributed by atoms with Crippen LogP contribution in [-0.2, 0) is 6.42 Å². The summed E-state index contributed by atoms with van der Waals surface area (Å²) in [5, 5.41) is 14.0. The SMILES string of the molecule is O=[N+]([O-])c1ccc(CCNC2CC=CCC2)cc1. The van der Waals surface area contributed by atoms with E-state index in [0.29, 0.717) is 6.04 Å². The highest BCUT2D eigenvalue weighted by Gasteiger charge is 2.08. The average Bonchev–Trinajstić information content (AvgIpc) is 2.40. The normalized spacial score (nSPS) is 18.8. The van der Waals surface area contributed by atoms with Crippen LogP contribution in [-0.4, -0.2) is 17.5 Å². The summed E-state index contributed by atoms with van der Waals surface area (Å²) in [5.74, 6) is 0. The summed E-state index contributed by atoms with van der Waals surface area (Å²) in [4.78, 5) is 10.2. The molecule has 1 N–H and O–H groups in total. The molecule has 0 aromatic heterocycles. The Bertz CT molecular complexity index is 426. The van der Waals surface area contributed by atoms with Gasteiger partial charge in [-0.2, -0.15) is 0 Å². The van der Waals surface area contributed by atoms with E-state index in [9.17, 15) is 10.1 Å². The molecule has 0 radical (unpaired) electrons. The van der Waals surface area contributed by atoms with Crippen LogP contribution in [0.1, 0.15) is 24.8 Å². The molecule has 1 aliphatic carbocycles. The van der Waals surface area contributed by atoms with Gasteiger partial charge in [0.25, 0.3) is 5.69 Å². The number of nitrogens with zero attached hydrogens (tertiary/aromatic N) is 1. The zero-order valence-corrected chi connectivity index (χ0v) is 10.3. The highest BCUT2D eigenvalue weighted by Crippen LogP contribution is 2.13. The van der Waals surface area contributed by atoms with Gasteiger partial charge in [-0.3, -0.25) is 10.1 Å². The van der Waals surface area contributed by atoms with Gasteiger partial charge in [0.05, 0.1) is 4.92 Å². The number of nitrogens with one attached hydrogen (secondary N) is 1. The number of nitro groups is 1. The minimum atomic E-state index is -0.365. The number of non-ortho nitro benzene ring substituents is 1. The molecule has 0 saturated carbocycles. The Morgan fingerprint density at radius 2 is 2.06 bits per heavy atom. The molecule has 96 valence electrons. The van der Waals surface area contributed by atoms with Gasteiger partial charge in [0.2, 0.25) is 0 Å². The summed E-state index contributed by atoms with van der Waals surface area (Å²) in [5.41, 5.74) is 1.29. The number of allylic oxidation sites excluding steroid dienone is 1. The van der Waals surface area contributed by atoms with Crippen molar-refractivity contribution in [2.75, 3.05) is 6.54 Å². The fourth-order valence-corrected chi connectivity index (χ4v) is 2.18. The third kappa shape index (κ3) is 3.67. The van der Waals surface area contributed by atoms with Gasteiger partial charge in [-0.1, -0.05) is 24.3 Å². The molecule has 1 atom stereocenters. The van der Waals surface area contributed by atoms with Crippen molar-refractivity contribution >= 4 is 5.69 Å². The van der Waals surface area contributed by atoms with Gasteiger partial charge < -0.3 is 5.32 Å². The van der Waals surface area contributed by atoms with Gasteiger partial charge in [-0.05, 0) is 37.8 Å².